The molecule has 4 rings (SSSR count). The van der Waals surface area contributed by atoms with Gasteiger partial charge in [-0.2, -0.15) is 4.31 Å². The van der Waals surface area contributed by atoms with Crippen LogP contribution in [-0.2, 0) is 21.2 Å². The summed E-state index contributed by atoms with van der Waals surface area (Å²) >= 11 is 0. The number of rotatable bonds is 6. The fourth-order valence-electron chi connectivity index (χ4n) is 4.44. The van der Waals surface area contributed by atoms with Crippen molar-refractivity contribution in [1.29, 1.82) is 0 Å². The maximum atomic E-state index is 12.9. The molecule has 8 heteroatoms. The van der Waals surface area contributed by atoms with Gasteiger partial charge in [-0.05, 0) is 49.1 Å². The van der Waals surface area contributed by atoms with Crippen LogP contribution in [0.1, 0.15) is 37.7 Å². The first-order chi connectivity index (χ1) is 15.5. The molecule has 0 bridgehead atoms. The molecular formula is C24H32N4O3S. The quantitative estimate of drug-likeness (QED) is 0.668. The number of carbonyl (C=O) groups excluding carboxylic acids is 1. The van der Waals surface area contributed by atoms with Gasteiger partial charge in [0, 0.05) is 63.8 Å². The first-order valence-electron chi connectivity index (χ1n) is 11.6. The normalized spacial score (nSPS) is 18.4. The number of hydrogen-bond donors (Lipinski definition) is 0. The van der Waals surface area contributed by atoms with Gasteiger partial charge in [0.05, 0.1) is 4.90 Å². The lowest BCUT2D eigenvalue weighted by Gasteiger charge is -2.36. The average molecular weight is 457 g/mol. The van der Waals surface area contributed by atoms with E-state index < -0.39 is 10.0 Å². The predicted octanol–water partition coefficient (Wildman–Crippen LogP) is 2.93. The minimum Gasteiger partial charge on any atom is -0.368 e. The number of carbonyl (C=O) groups is 1. The third kappa shape index (κ3) is 5.48. The van der Waals surface area contributed by atoms with E-state index in [1.54, 1.807) is 28.8 Å². The molecule has 3 heterocycles. The molecule has 0 unspecified atom stereocenters. The average Bonchev–Trinajstić information content (AvgIpc) is 3.14. The molecule has 1 aromatic carbocycles. The summed E-state index contributed by atoms with van der Waals surface area (Å²) in [7, 11) is -3.43. The van der Waals surface area contributed by atoms with Gasteiger partial charge in [0.25, 0.3) is 0 Å². The first-order valence-corrected chi connectivity index (χ1v) is 13.0. The SMILES string of the molecule is O=C(CCc1ccc(S(=O)(=O)N2CCCCCC2)cc1)N1CCN(c2ccncc2)CC1. The number of aromatic nitrogens is 1. The molecule has 7 nitrogen and oxygen atoms in total. The van der Waals surface area contributed by atoms with Gasteiger partial charge in [0.15, 0.2) is 0 Å². The van der Waals surface area contributed by atoms with Crippen molar-refractivity contribution in [2.75, 3.05) is 44.2 Å². The smallest absolute Gasteiger partial charge is 0.243 e. The Hall–Kier alpha value is -2.45. The van der Waals surface area contributed by atoms with Crippen LogP contribution >= 0.6 is 0 Å². The van der Waals surface area contributed by atoms with Gasteiger partial charge in [-0.3, -0.25) is 9.78 Å². The molecule has 0 radical (unpaired) electrons. The summed E-state index contributed by atoms with van der Waals surface area (Å²) in [6.07, 6.45) is 8.68. The zero-order valence-electron chi connectivity index (χ0n) is 18.5. The van der Waals surface area contributed by atoms with Gasteiger partial charge in [0.2, 0.25) is 15.9 Å². The molecule has 0 saturated carbocycles. The van der Waals surface area contributed by atoms with E-state index in [9.17, 15) is 13.2 Å². The minimum atomic E-state index is -3.43. The van der Waals surface area contributed by atoms with Crippen LogP contribution in [-0.4, -0.2) is 67.8 Å². The van der Waals surface area contributed by atoms with Crippen LogP contribution in [0.5, 0.6) is 0 Å². The number of anilines is 1. The van der Waals surface area contributed by atoms with Gasteiger partial charge < -0.3 is 9.80 Å². The predicted molar refractivity (Wildman–Crippen MR) is 125 cm³/mol. The summed E-state index contributed by atoms with van der Waals surface area (Å²) < 4.78 is 27.4. The highest BCUT2D eigenvalue weighted by Crippen LogP contribution is 2.21. The summed E-state index contributed by atoms with van der Waals surface area (Å²) in [5.41, 5.74) is 2.13. The second-order valence-corrected chi connectivity index (χ2v) is 10.5. The number of aryl methyl sites for hydroxylation is 1. The largest absolute Gasteiger partial charge is 0.368 e. The molecule has 1 amide bonds. The molecule has 2 fully saturated rings. The van der Waals surface area contributed by atoms with Crippen LogP contribution in [0.2, 0.25) is 0 Å². The Morgan fingerprint density at radius 3 is 2.06 bits per heavy atom. The zero-order valence-corrected chi connectivity index (χ0v) is 19.3. The van der Waals surface area contributed by atoms with Gasteiger partial charge in [-0.25, -0.2) is 8.42 Å². The maximum absolute atomic E-state index is 12.9. The topological polar surface area (TPSA) is 73.8 Å². The number of hydrogen-bond acceptors (Lipinski definition) is 5. The Labute approximate surface area is 191 Å². The van der Waals surface area contributed by atoms with Gasteiger partial charge in [-0.1, -0.05) is 25.0 Å². The van der Waals surface area contributed by atoms with Crippen molar-refractivity contribution in [1.82, 2.24) is 14.2 Å². The molecule has 2 aromatic rings. The van der Waals surface area contributed by atoms with E-state index in [1.807, 2.05) is 29.2 Å². The molecule has 0 aliphatic carbocycles. The lowest BCUT2D eigenvalue weighted by atomic mass is 10.1. The molecule has 0 atom stereocenters. The van der Waals surface area contributed by atoms with Crippen molar-refractivity contribution in [2.24, 2.45) is 0 Å². The second kappa shape index (κ2) is 10.4. The summed E-state index contributed by atoms with van der Waals surface area (Å²) in [4.78, 5) is 21.3. The third-order valence-electron chi connectivity index (χ3n) is 6.41. The van der Waals surface area contributed by atoms with Crippen molar-refractivity contribution < 1.29 is 13.2 Å². The third-order valence-corrected chi connectivity index (χ3v) is 8.33. The van der Waals surface area contributed by atoms with Gasteiger partial charge >= 0.3 is 0 Å². The van der Waals surface area contributed by atoms with Gasteiger partial charge in [-0.15, -0.1) is 0 Å². The Morgan fingerprint density at radius 1 is 0.812 bits per heavy atom. The molecule has 2 aliphatic rings. The second-order valence-electron chi connectivity index (χ2n) is 8.54. The van der Waals surface area contributed by atoms with Gasteiger partial charge in [0.1, 0.15) is 0 Å². The summed E-state index contributed by atoms with van der Waals surface area (Å²) in [5.74, 6) is 0.153. The summed E-state index contributed by atoms with van der Waals surface area (Å²) in [6.45, 7) is 4.28. The zero-order chi connectivity index (χ0) is 22.4. The van der Waals surface area contributed by atoms with Crippen molar-refractivity contribution >= 4 is 21.6 Å². The highest BCUT2D eigenvalue weighted by molar-refractivity contribution is 7.89. The lowest BCUT2D eigenvalue weighted by Crippen LogP contribution is -2.48. The molecular weight excluding hydrogens is 424 g/mol. The molecule has 0 spiro atoms. The van der Waals surface area contributed by atoms with Crippen LogP contribution in [0.25, 0.3) is 0 Å². The Bertz CT molecular complexity index is 980. The number of sulfonamides is 1. The number of nitrogens with zero attached hydrogens (tertiary/aromatic N) is 4. The van der Waals surface area contributed by atoms with E-state index in [-0.39, 0.29) is 5.91 Å². The van der Waals surface area contributed by atoms with E-state index in [1.165, 1.54) is 0 Å². The molecule has 2 aliphatic heterocycles. The molecule has 32 heavy (non-hydrogen) atoms. The fourth-order valence-corrected chi connectivity index (χ4v) is 5.95. The minimum absolute atomic E-state index is 0.153. The Balaban J connectivity index is 1.27. The standard InChI is InChI=1S/C24H32N4O3S/c29-24(27-19-17-26(18-20-27)22-11-13-25-14-12-22)10-7-21-5-8-23(9-6-21)32(30,31)28-15-3-1-2-4-16-28/h5-6,8-9,11-14H,1-4,7,10,15-20H2. The van der Waals surface area contributed by atoms with Crippen LogP contribution in [0.15, 0.2) is 53.7 Å². The summed E-state index contributed by atoms with van der Waals surface area (Å²) in [6, 6.07) is 11.1. The number of pyridine rings is 1. The molecule has 1 aromatic heterocycles. The number of piperazine rings is 1. The Morgan fingerprint density at radius 2 is 1.44 bits per heavy atom. The van der Waals surface area contributed by atoms with Crippen molar-refractivity contribution in [3.63, 3.8) is 0 Å². The van der Waals surface area contributed by atoms with Crippen molar-refractivity contribution in [2.45, 2.75) is 43.4 Å². The lowest BCUT2D eigenvalue weighted by molar-refractivity contribution is -0.131. The van der Waals surface area contributed by atoms with E-state index in [4.69, 9.17) is 0 Å². The monoisotopic (exact) mass is 456 g/mol. The highest BCUT2D eigenvalue weighted by atomic mass is 32.2. The van der Waals surface area contributed by atoms with Crippen LogP contribution in [0.4, 0.5) is 5.69 Å². The van der Waals surface area contributed by atoms with Crippen LogP contribution < -0.4 is 4.90 Å². The van der Waals surface area contributed by atoms with Crippen LogP contribution in [0.3, 0.4) is 0 Å². The highest BCUT2D eigenvalue weighted by Gasteiger charge is 2.25. The van der Waals surface area contributed by atoms with Crippen molar-refractivity contribution in [3.05, 3.63) is 54.4 Å². The van der Waals surface area contributed by atoms with E-state index >= 15 is 0 Å². The van der Waals surface area contributed by atoms with Crippen molar-refractivity contribution in [3.8, 4) is 0 Å². The molecule has 172 valence electrons. The molecule has 2 saturated heterocycles. The van der Waals surface area contributed by atoms with E-state index in [2.05, 4.69) is 9.88 Å². The van der Waals surface area contributed by atoms with E-state index in [0.717, 1.165) is 50.0 Å². The maximum Gasteiger partial charge on any atom is 0.243 e. The Kier molecular flexibility index (Phi) is 7.42. The fraction of sp³-hybridized carbons (Fsp3) is 0.500. The summed E-state index contributed by atoms with van der Waals surface area (Å²) in [5, 5.41) is 0. The van der Waals surface area contributed by atoms with E-state index in [0.29, 0.717) is 43.9 Å². The van der Waals surface area contributed by atoms with Crippen LogP contribution in [0, 0.1) is 0 Å². The number of benzene rings is 1. The first kappa shape index (κ1) is 22.7. The molecule has 0 N–H and O–H groups in total. The number of amides is 1.